The topological polar surface area (TPSA) is 71.8 Å². The van der Waals surface area contributed by atoms with Gasteiger partial charge in [-0.15, -0.1) is 5.10 Å². The summed E-state index contributed by atoms with van der Waals surface area (Å²) < 4.78 is 7.53. The molecule has 2 aromatic heterocycles. The minimum absolute atomic E-state index is 0.0626. The molecule has 7 nitrogen and oxygen atoms in total. The summed E-state index contributed by atoms with van der Waals surface area (Å²) in [4.78, 5) is 20.8. The maximum absolute atomic E-state index is 13.0. The number of piperidine rings is 1. The predicted octanol–water partition coefficient (Wildman–Crippen LogP) is 4.70. The minimum atomic E-state index is -0.0626. The van der Waals surface area contributed by atoms with Crippen molar-refractivity contribution in [3.8, 4) is 17.0 Å². The molecule has 1 saturated heterocycles. The number of para-hydroxylation sites is 1. The van der Waals surface area contributed by atoms with Crippen LogP contribution in [0.4, 0.5) is 5.13 Å². The summed E-state index contributed by atoms with van der Waals surface area (Å²) >= 11 is 1.57. The fourth-order valence-corrected chi connectivity index (χ4v) is 5.24. The first-order valence-electron chi connectivity index (χ1n) is 11.8. The van der Waals surface area contributed by atoms with Gasteiger partial charge in [0.1, 0.15) is 5.75 Å². The van der Waals surface area contributed by atoms with Gasteiger partial charge in [-0.2, -0.15) is 0 Å². The van der Waals surface area contributed by atoms with Crippen molar-refractivity contribution in [2.45, 2.75) is 33.2 Å². The van der Waals surface area contributed by atoms with Crippen molar-refractivity contribution in [2.24, 2.45) is 5.92 Å². The molecule has 1 aliphatic rings. The Morgan fingerprint density at radius 2 is 2.03 bits per heavy atom. The number of hydrogen-bond acceptors (Lipinski definition) is 6. The first-order valence-corrected chi connectivity index (χ1v) is 12.6. The SMILES string of the molecule is CCOc1ccccc1CNC(=O)[C@@H]1CCCN(c2nn3cc(-c4ccc(C)cc4)nc3s2)C1. The van der Waals surface area contributed by atoms with Gasteiger partial charge >= 0.3 is 0 Å². The summed E-state index contributed by atoms with van der Waals surface area (Å²) in [5, 5.41) is 8.79. The van der Waals surface area contributed by atoms with E-state index in [0.717, 1.165) is 52.0 Å². The fourth-order valence-electron chi connectivity index (χ4n) is 4.32. The van der Waals surface area contributed by atoms with Gasteiger partial charge in [-0.3, -0.25) is 4.79 Å². The molecule has 0 radical (unpaired) electrons. The van der Waals surface area contributed by atoms with E-state index in [1.54, 1.807) is 11.3 Å². The van der Waals surface area contributed by atoms with Crippen molar-refractivity contribution >= 4 is 27.3 Å². The number of aromatic nitrogens is 3. The number of nitrogens with one attached hydrogen (secondary N) is 1. The fraction of sp³-hybridized carbons (Fsp3) is 0.346. The van der Waals surface area contributed by atoms with Crippen molar-refractivity contribution in [2.75, 3.05) is 24.6 Å². The van der Waals surface area contributed by atoms with Gasteiger partial charge < -0.3 is 15.0 Å². The lowest BCUT2D eigenvalue weighted by Gasteiger charge is -2.31. The Morgan fingerprint density at radius 1 is 1.21 bits per heavy atom. The number of carbonyl (C=O) groups is 1. The summed E-state index contributed by atoms with van der Waals surface area (Å²) in [6.45, 7) is 6.68. The summed E-state index contributed by atoms with van der Waals surface area (Å²) in [6.07, 6.45) is 3.82. The van der Waals surface area contributed by atoms with Gasteiger partial charge in [0.25, 0.3) is 0 Å². The molecule has 1 fully saturated rings. The van der Waals surface area contributed by atoms with E-state index in [4.69, 9.17) is 14.8 Å². The Morgan fingerprint density at radius 3 is 2.82 bits per heavy atom. The van der Waals surface area contributed by atoms with E-state index in [1.165, 1.54) is 5.56 Å². The number of hydrogen-bond donors (Lipinski definition) is 1. The van der Waals surface area contributed by atoms with E-state index in [-0.39, 0.29) is 11.8 Å². The number of amides is 1. The van der Waals surface area contributed by atoms with Gasteiger partial charge in [0.05, 0.1) is 24.4 Å². The Labute approximate surface area is 203 Å². The zero-order valence-corrected chi connectivity index (χ0v) is 20.3. The Bertz CT molecular complexity index is 1250. The number of fused-ring (bicyclic) bond motifs is 1. The highest BCUT2D eigenvalue weighted by Crippen LogP contribution is 2.30. The molecule has 1 N–H and O–H groups in total. The molecule has 1 amide bonds. The van der Waals surface area contributed by atoms with Crippen LogP contribution in [-0.4, -0.2) is 40.2 Å². The maximum Gasteiger partial charge on any atom is 0.225 e. The minimum Gasteiger partial charge on any atom is -0.494 e. The van der Waals surface area contributed by atoms with Gasteiger partial charge in [-0.1, -0.05) is 59.4 Å². The molecule has 0 bridgehead atoms. The first kappa shape index (κ1) is 22.4. The number of carbonyl (C=O) groups excluding carboxylic acids is 1. The standard InChI is InChI=1S/C26H29N5O2S/c1-3-33-23-9-5-4-7-20(23)15-27-24(32)21-8-6-14-30(16-21)26-29-31-17-22(28-25(31)34-26)19-12-10-18(2)11-13-19/h4-5,7,9-13,17,21H,3,6,8,14-16H2,1-2H3,(H,27,32)/t21-/m1/s1. The highest BCUT2D eigenvalue weighted by atomic mass is 32.1. The largest absolute Gasteiger partial charge is 0.494 e. The van der Waals surface area contributed by atoms with Gasteiger partial charge in [0, 0.05) is 30.8 Å². The first-order chi connectivity index (χ1) is 16.6. The van der Waals surface area contributed by atoms with Crippen LogP contribution >= 0.6 is 11.3 Å². The van der Waals surface area contributed by atoms with Crippen LogP contribution in [-0.2, 0) is 11.3 Å². The number of rotatable bonds is 7. The van der Waals surface area contributed by atoms with E-state index in [1.807, 2.05) is 41.9 Å². The number of imidazole rings is 1. The van der Waals surface area contributed by atoms with Crippen LogP contribution in [0.5, 0.6) is 5.75 Å². The van der Waals surface area contributed by atoms with Gasteiger partial charge in [-0.05, 0) is 32.8 Å². The molecule has 1 aliphatic heterocycles. The van der Waals surface area contributed by atoms with E-state index in [2.05, 4.69) is 41.4 Å². The average molecular weight is 476 g/mol. The smallest absolute Gasteiger partial charge is 0.225 e. The van der Waals surface area contributed by atoms with Crippen molar-refractivity contribution < 1.29 is 9.53 Å². The third-order valence-corrected chi connectivity index (χ3v) is 7.15. The molecule has 0 spiro atoms. The number of benzene rings is 2. The van der Waals surface area contributed by atoms with E-state index >= 15 is 0 Å². The van der Waals surface area contributed by atoms with Crippen LogP contribution in [0, 0.1) is 12.8 Å². The van der Waals surface area contributed by atoms with Crippen LogP contribution in [0.1, 0.15) is 30.9 Å². The molecule has 0 aliphatic carbocycles. The molecular formula is C26H29N5O2S. The van der Waals surface area contributed by atoms with Gasteiger partial charge in [0.2, 0.25) is 16.0 Å². The third kappa shape index (κ3) is 4.77. The van der Waals surface area contributed by atoms with Crippen LogP contribution in [0.15, 0.2) is 54.7 Å². The van der Waals surface area contributed by atoms with Crippen LogP contribution in [0.25, 0.3) is 16.2 Å². The normalized spacial score (nSPS) is 16.1. The highest BCUT2D eigenvalue weighted by molar-refractivity contribution is 7.20. The average Bonchev–Trinajstić information content (AvgIpc) is 3.44. The van der Waals surface area contributed by atoms with E-state index in [0.29, 0.717) is 19.7 Å². The summed E-state index contributed by atoms with van der Waals surface area (Å²) in [5.41, 5.74) is 4.24. The van der Waals surface area contributed by atoms with Crippen molar-refractivity contribution in [3.05, 3.63) is 65.9 Å². The second-order valence-electron chi connectivity index (χ2n) is 8.65. The Kier molecular flexibility index (Phi) is 6.49. The number of anilines is 1. The third-order valence-electron chi connectivity index (χ3n) is 6.17. The highest BCUT2D eigenvalue weighted by Gasteiger charge is 2.28. The van der Waals surface area contributed by atoms with Crippen molar-refractivity contribution in [1.82, 2.24) is 19.9 Å². The maximum atomic E-state index is 13.0. The van der Waals surface area contributed by atoms with Gasteiger partial charge in [-0.25, -0.2) is 9.50 Å². The summed E-state index contributed by atoms with van der Waals surface area (Å²) in [7, 11) is 0. The predicted molar refractivity (Wildman–Crippen MR) is 135 cm³/mol. The molecular weight excluding hydrogens is 446 g/mol. The van der Waals surface area contributed by atoms with Crippen LogP contribution in [0.2, 0.25) is 0 Å². The lowest BCUT2D eigenvalue weighted by molar-refractivity contribution is -0.125. The molecule has 5 rings (SSSR count). The lowest BCUT2D eigenvalue weighted by Crippen LogP contribution is -2.43. The Hall–Kier alpha value is -3.39. The lowest BCUT2D eigenvalue weighted by atomic mass is 9.97. The molecule has 0 unspecified atom stereocenters. The van der Waals surface area contributed by atoms with E-state index < -0.39 is 0 Å². The number of ether oxygens (including phenoxy) is 1. The van der Waals surface area contributed by atoms with Crippen LogP contribution < -0.4 is 15.0 Å². The summed E-state index contributed by atoms with van der Waals surface area (Å²) in [5.74, 6) is 0.845. The molecule has 0 saturated carbocycles. The molecule has 34 heavy (non-hydrogen) atoms. The molecule has 3 heterocycles. The zero-order valence-electron chi connectivity index (χ0n) is 19.5. The summed E-state index contributed by atoms with van der Waals surface area (Å²) in [6, 6.07) is 16.2. The number of nitrogens with zero attached hydrogens (tertiary/aromatic N) is 4. The van der Waals surface area contributed by atoms with Crippen LogP contribution in [0.3, 0.4) is 0 Å². The molecule has 2 aromatic carbocycles. The van der Waals surface area contributed by atoms with Crippen molar-refractivity contribution in [3.63, 3.8) is 0 Å². The second-order valence-corrected chi connectivity index (χ2v) is 9.58. The monoisotopic (exact) mass is 475 g/mol. The molecule has 1 atom stereocenters. The second kappa shape index (κ2) is 9.85. The van der Waals surface area contributed by atoms with E-state index in [9.17, 15) is 4.79 Å². The quantitative estimate of drug-likeness (QED) is 0.420. The molecule has 176 valence electrons. The zero-order chi connectivity index (χ0) is 23.5. The molecule has 4 aromatic rings. The Balaban J connectivity index is 1.23. The van der Waals surface area contributed by atoms with Crippen molar-refractivity contribution in [1.29, 1.82) is 0 Å². The number of aryl methyl sites for hydroxylation is 1. The molecule has 8 heteroatoms. The van der Waals surface area contributed by atoms with Gasteiger partial charge in [0.15, 0.2) is 0 Å².